The van der Waals surface area contributed by atoms with E-state index in [0.717, 1.165) is 12.0 Å². The van der Waals surface area contributed by atoms with Gasteiger partial charge in [0.1, 0.15) is 5.76 Å². The molecule has 43 heavy (non-hydrogen) atoms. The van der Waals surface area contributed by atoms with Crippen molar-refractivity contribution >= 4 is 57.3 Å². The molecule has 1 fully saturated rings. The molecule has 1 saturated heterocycles. The molecule has 1 amide bonds. The predicted octanol–water partition coefficient (Wildman–Crippen LogP) is 7.54. The van der Waals surface area contributed by atoms with Crippen molar-refractivity contribution in [2.45, 2.75) is 36.4 Å². The van der Waals surface area contributed by atoms with Crippen LogP contribution in [-0.2, 0) is 15.3 Å². The van der Waals surface area contributed by atoms with Crippen molar-refractivity contribution in [3.63, 3.8) is 0 Å². The minimum Gasteiger partial charge on any atom is -0.507 e. The molecule has 0 radical (unpaired) electrons. The fourth-order valence-electron chi connectivity index (χ4n) is 4.59. The highest BCUT2D eigenvalue weighted by Crippen LogP contribution is 2.45. The molecule has 0 saturated carbocycles. The van der Waals surface area contributed by atoms with Crippen LogP contribution in [-0.4, -0.2) is 40.7 Å². The first-order chi connectivity index (χ1) is 20.8. The maximum Gasteiger partial charge on any atom is 0.301 e. The van der Waals surface area contributed by atoms with E-state index in [2.05, 4.69) is 24.0 Å². The van der Waals surface area contributed by atoms with E-state index in [0.29, 0.717) is 50.3 Å². The molecule has 3 aromatic carbocycles. The molecule has 1 atom stereocenters. The number of methoxy groups -OCH3 is 1. The zero-order valence-corrected chi connectivity index (χ0v) is 26.2. The van der Waals surface area contributed by atoms with Crippen molar-refractivity contribution in [1.82, 2.24) is 10.2 Å². The second-order valence-corrected chi connectivity index (χ2v) is 12.8. The van der Waals surface area contributed by atoms with E-state index in [-0.39, 0.29) is 16.5 Å². The van der Waals surface area contributed by atoms with E-state index < -0.39 is 17.7 Å². The van der Waals surface area contributed by atoms with E-state index in [1.807, 2.05) is 24.3 Å². The third-order valence-corrected chi connectivity index (χ3v) is 9.33. The summed E-state index contributed by atoms with van der Waals surface area (Å²) in [6.45, 7) is 4.75. The number of ketones is 1. The fraction of sp³-hybridized carbons (Fsp3) is 0.250. The summed E-state index contributed by atoms with van der Waals surface area (Å²) in [6, 6.07) is 20.5. The van der Waals surface area contributed by atoms with E-state index in [4.69, 9.17) is 21.1 Å². The molecule has 5 rings (SSSR count). The number of benzene rings is 3. The van der Waals surface area contributed by atoms with Gasteiger partial charge in [0.25, 0.3) is 5.78 Å². The Morgan fingerprint density at radius 3 is 2.51 bits per heavy atom. The van der Waals surface area contributed by atoms with Gasteiger partial charge in [-0.2, -0.15) is 0 Å². The van der Waals surface area contributed by atoms with E-state index in [1.165, 1.54) is 35.1 Å². The fourth-order valence-corrected chi connectivity index (χ4v) is 6.74. The third-order valence-electron chi connectivity index (χ3n) is 6.86. The predicted molar refractivity (Wildman–Crippen MR) is 170 cm³/mol. The van der Waals surface area contributed by atoms with Crippen LogP contribution in [0.3, 0.4) is 0 Å². The molecule has 1 aliphatic rings. The Kier molecular flexibility index (Phi) is 9.69. The molecule has 8 nitrogen and oxygen atoms in total. The summed E-state index contributed by atoms with van der Waals surface area (Å²) in [5.74, 6) is 0.115. The number of aromatic nitrogens is 2. The lowest BCUT2D eigenvalue weighted by Crippen LogP contribution is -2.29. The van der Waals surface area contributed by atoms with Crippen molar-refractivity contribution in [2.75, 3.05) is 18.6 Å². The van der Waals surface area contributed by atoms with Gasteiger partial charge < -0.3 is 14.6 Å². The number of amides is 1. The Morgan fingerprint density at radius 2 is 1.79 bits per heavy atom. The maximum absolute atomic E-state index is 13.6. The Bertz CT molecular complexity index is 1660. The van der Waals surface area contributed by atoms with Gasteiger partial charge in [-0.15, -0.1) is 10.2 Å². The van der Waals surface area contributed by atoms with Gasteiger partial charge in [-0.25, -0.2) is 0 Å². The summed E-state index contributed by atoms with van der Waals surface area (Å²) in [7, 11) is 1.53. The molecule has 11 heteroatoms. The monoisotopic (exact) mass is 635 g/mol. The minimum atomic E-state index is -0.979. The summed E-state index contributed by atoms with van der Waals surface area (Å²) in [4.78, 5) is 28.4. The van der Waals surface area contributed by atoms with Crippen molar-refractivity contribution in [1.29, 1.82) is 0 Å². The average Bonchev–Trinajstić information content (AvgIpc) is 3.58. The number of rotatable bonds is 11. The van der Waals surface area contributed by atoms with Gasteiger partial charge in [0.15, 0.2) is 15.8 Å². The number of carbonyl (C=O) groups excluding carboxylic acids is 2. The lowest BCUT2D eigenvalue weighted by Gasteiger charge is -2.23. The van der Waals surface area contributed by atoms with Gasteiger partial charge in [0, 0.05) is 16.3 Å². The highest BCUT2D eigenvalue weighted by Gasteiger charge is 2.48. The number of aliphatic hydroxyl groups excluding tert-OH is 1. The molecule has 1 aliphatic heterocycles. The van der Waals surface area contributed by atoms with Crippen LogP contribution in [0.4, 0.5) is 5.13 Å². The lowest BCUT2D eigenvalue weighted by molar-refractivity contribution is -0.132. The first-order valence-electron chi connectivity index (χ1n) is 13.6. The van der Waals surface area contributed by atoms with Crippen LogP contribution in [0.15, 0.2) is 82.7 Å². The molecule has 1 aromatic heterocycles. The normalized spacial score (nSPS) is 16.2. The molecule has 4 aromatic rings. The van der Waals surface area contributed by atoms with Crippen molar-refractivity contribution < 1.29 is 24.2 Å². The maximum atomic E-state index is 13.6. The van der Waals surface area contributed by atoms with Crippen molar-refractivity contribution in [3.05, 3.63) is 100 Å². The molecule has 2 heterocycles. The number of ether oxygens (including phenoxy) is 2. The molecular formula is C32H30ClN3O5S2. The highest BCUT2D eigenvalue weighted by molar-refractivity contribution is 8.00. The number of Topliss-reactive ketones (excluding diaryl/α,β-unsaturated/α-hetero) is 1. The molecule has 1 N–H and O–H groups in total. The van der Waals surface area contributed by atoms with Gasteiger partial charge in [-0.05, 0) is 41.7 Å². The quantitative estimate of drug-likeness (QED) is 0.0593. The molecule has 0 bridgehead atoms. The largest absolute Gasteiger partial charge is 0.507 e. The molecule has 0 aliphatic carbocycles. The van der Waals surface area contributed by atoms with Gasteiger partial charge in [0.05, 0.1) is 25.3 Å². The highest BCUT2D eigenvalue weighted by atomic mass is 35.5. The molecule has 0 spiro atoms. The van der Waals surface area contributed by atoms with Gasteiger partial charge in [0.2, 0.25) is 5.13 Å². The third kappa shape index (κ3) is 6.71. The van der Waals surface area contributed by atoms with E-state index >= 15 is 0 Å². The number of anilines is 1. The number of halogens is 1. The minimum absolute atomic E-state index is 0.0489. The lowest BCUT2D eigenvalue weighted by atomic mass is 9.95. The summed E-state index contributed by atoms with van der Waals surface area (Å²) >= 11 is 8.92. The first-order valence-corrected chi connectivity index (χ1v) is 15.8. The Morgan fingerprint density at radius 1 is 1.05 bits per heavy atom. The number of aliphatic hydroxyl groups is 1. The Labute approximate surface area is 263 Å². The van der Waals surface area contributed by atoms with Gasteiger partial charge in [-0.3, -0.25) is 14.5 Å². The van der Waals surface area contributed by atoms with Gasteiger partial charge in [-0.1, -0.05) is 103 Å². The van der Waals surface area contributed by atoms with Crippen LogP contribution in [0, 0.1) is 5.92 Å². The molecule has 1 unspecified atom stereocenters. The van der Waals surface area contributed by atoms with Crippen LogP contribution < -0.4 is 14.4 Å². The van der Waals surface area contributed by atoms with Crippen molar-refractivity contribution in [2.24, 2.45) is 5.92 Å². The van der Waals surface area contributed by atoms with E-state index in [1.54, 1.807) is 48.5 Å². The second-order valence-electron chi connectivity index (χ2n) is 10.2. The standard InChI is InChI=1S/C32H30ClN3O5S2/c1-19(2)15-16-41-24-14-13-21(17-25(24)40-3)27-26(28(37)20-9-5-4-6-10-20)29(38)30(39)36(27)31-34-35-32(43-31)42-18-22-11-7-8-12-23(22)33/h4-14,17,19,27,37H,15-16,18H2,1-3H3/b28-26-. The number of hydrogen-bond donors (Lipinski definition) is 1. The van der Waals surface area contributed by atoms with Crippen LogP contribution in [0.25, 0.3) is 5.76 Å². The number of nitrogens with zero attached hydrogens (tertiary/aromatic N) is 3. The summed E-state index contributed by atoms with van der Waals surface area (Å²) < 4.78 is 12.2. The Balaban J connectivity index is 1.54. The van der Waals surface area contributed by atoms with Crippen LogP contribution in [0.2, 0.25) is 5.02 Å². The first kappa shape index (κ1) is 30.6. The zero-order valence-electron chi connectivity index (χ0n) is 23.8. The molecule has 222 valence electrons. The zero-order chi connectivity index (χ0) is 30.5. The summed E-state index contributed by atoms with van der Waals surface area (Å²) in [6.07, 6.45) is 0.871. The van der Waals surface area contributed by atoms with Gasteiger partial charge >= 0.3 is 5.91 Å². The van der Waals surface area contributed by atoms with Crippen LogP contribution in [0.5, 0.6) is 11.5 Å². The number of carbonyl (C=O) groups is 2. The topological polar surface area (TPSA) is 102 Å². The SMILES string of the molecule is COc1cc(C2/C(=C(/O)c3ccccc3)C(=O)C(=O)N2c2nnc(SCc3ccccc3Cl)s2)ccc1OCCC(C)C. The summed E-state index contributed by atoms with van der Waals surface area (Å²) in [5, 5.41) is 20.8. The smallest absolute Gasteiger partial charge is 0.301 e. The van der Waals surface area contributed by atoms with Crippen molar-refractivity contribution in [3.8, 4) is 11.5 Å². The summed E-state index contributed by atoms with van der Waals surface area (Å²) in [5.41, 5.74) is 1.86. The second kappa shape index (κ2) is 13.6. The van der Waals surface area contributed by atoms with Crippen LogP contribution in [0.1, 0.15) is 43.0 Å². The number of hydrogen-bond acceptors (Lipinski definition) is 9. The molecular weight excluding hydrogens is 606 g/mol. The number of thioether (sulfide) groups is 1. The average molecular weight is 636 g/mol. The van der Waals surface area contributed by atoms with E-state index in [9.17, 15) is 14.7 Å². The van der Waals surface area contributed by atoms with Crippen LogP contribution >= 0.6 is 34.7 Å². The Hall–Kier alpha value is -3.86.